The van der Waals surface area contributed by atoms with Gasteiger partial charge in [-0.15, -0.1) is 0 Å². The maximum atomic E-state index is 10.5. The molecule has 5 rings (SSSR count). The normalized spacial score (nSPS) is 30.8. The predicted molar refractivity (Wildman–Crippen MR) is 87.2 cm³/mol. The Morgan fingerprint density at radius 2 is 1.59 bits per heavy atom. The minimum Gasteiger partial charge on any atom is -0.390 e. The maximum absolute atomic E-state index is 10.5. The highest BCUT2D eigenvalue weighted by Crippen LogP contribution is 2.57. The van der Waals surface area contributed by atoms with E-state index >= 15 is 0 Å². The lowest BCUT2D eigenvalue weighted by Crippen LogP contribution is -2.39. The molecule has 0 spiro atoms. The molecule has 3 fully saturated rings. The molecule has 0 heterocycles. The number of fused-ring (bicyclic) bond motifs is 1. The van der Waals surface area contributed by atoms with Gasteiger partial charge in [-0.2, -0.15) is 0 Å². The number of hydrogen-bond acceptors (Lipinski definition) is 2. The molecule has 3 aliphatic rings. The number of hydrogen-bond donors (Lipinski definition) is 2. The first-order chi connectivity index (χ1) is 10.6. The van der Waals surface area contributed by atoms with E-state index in [9.17, 15) is 10.2 Å². The molecule has 2 heteroatoms. The molecule has 0 amide bonds. The van der Waals surface area contributed by atoms with Crippen LogP contribution in [0.2, 0.25) is 0 Å². The van der Waals surface area contributed by atoms with Crippen LogP contribution in [-0.2, 0) is 0 Å². The number of aliphatic hydroxyl groups is 2. The van der Waals surface area contributed by atoms with Crippen LogP contribution < -0.4 is 0 Å². The van der Waals surface area contributed by atoms with E-state index in [0.29, 0.717) is 12.3 Å². The molecule has 2 aromatic rings. The van der Waals surface area contributed by atoms with Gasteiger partial charge < -0.3 is 10.2 Å². The Morgan fingerprint density at radius 1 is 0.955 bits per heavy atom. The molecule has 2 aromatic carbocycles. The summed E-state index contributed by atoms with van der Waals surface area (Å²) in [5.74, 6) is 0.962. The summed E-state index contributed by atoms with van der Waals surface area (Å²) in [5, 5.41) is 20.9. The molecule has 0 saturated heterocycles. The van der Waals surface area contributed by atoms with Crippen molar-refractivity contribution in [1.82, 2.24) is 0 Å². The van der Waals surface area contributed by atoms with Crippen molar-refractivity contribution in [2.75, 3.05) is 0 Å². The first-order valence-electron chi connectivity index (χ1n) is 8.20. The van der Waals surface area contributed by atoms with Crippen molar-refractivity contribution in [2.45, 2.75) is 37.4 Å². The summed E-state index contributed by atoms with van der Waals surface area (Å²) >= 11 is 0. The molecular weight excluding hydrogens is 272 g/mol. The lowest BCUT2D eigenvalue weighted by atomic mass is 9.76. The van der Waals surface area contributed by atoms with Crippen molar-refractivity contribution in [3.8, 4) is 11.1 Å². The Labute approximate surface area is 131 Å². The van der Waals surface area contributed by atoms with Crippen LogP contribution in [0.25, 0.3) is 11.1 Å². The van der Waals surface area contributed by atoms with Gasteiger partial charge in [-0.25, -0.2) is 0 Å². The molecule has 3 saturated carbocycles. The fourth-order valence-electron chi connectivity index (χ4n) is 4.31. The molecule has 2 bridgehead atoms. The first-order valence-corrected chi connectivity index (χ1v) is 8.20. The van der Waals surface area contributed by atoms with Gasteiger partial charge in [0, 0.05) is 0 Å². The van der Waals surface area contributed by atoms with Gasteiger partial charge in [-0.05, 0) is 54.2 Å². The van der Waals surface area contributed by atoms with Crippen LogP contribution in [0.1, 0.15) is 37.4 Å². The quantitative estimate of drug-likeness (QED) is 0.896. The van der Waals surface area contributed by atoms with E-state index in [0.717, 1.165) is 24.8 Å². The Hall–Kier alpha value is -1.64. The van der Waals surface area contributed by atoms with Crippen molar-refractivity contribution in [3.63, 3.8) is 0 Å². The van der Waals surface area contributed by atoms with Gasteiger partial charge in [0.15, 0.2) is 0 Å². The Morgan fingerprint density at radius 3 is 2.18 bits per heavy atom. The molecule has 2 nitrogen and oxygen atoms in total. The van der Waals surface area contributed by atoms with Crippen LogP contribution in [0.15, 0.2) is 54.6 Å². The average Bonchev–Trinajstić information content (AvgIpc) is 3.00. The van der Waals surface area contributed by atoms with Gasteiger partial charge in [-0.1, -0.05) is 54.6 Å². The highest BCUT2D eigenvalue weighted by atomic mass is 16.3. The van der Waals surface area contributed by atoms with Crippen LogP contribution in [0, 0.1) is 11.8 Å². The third-order valence-corrected chi connectivity index (χ3v) is 5.57. The zero-order valence-corrected chi connectivity index (χ0v) is 12.7. The second-order valence-electron chi connectivity index (χ2n) is 7.05. The van der Waals surface area contributed by atoms with Crippen molar-refractivity contribution >= 4 is 0 Å². The molecule has 2 N–H and O–H groups in total. The fourth-order valence-corrected chi connectivity index (χ4v) is 4.31. The maximum Gasteiger partial charge on any atom is 0.0793 e. The van der Waals surface area contributed by atoms with Gasteiger partial charge in [0.1, 0.15) is 0 Å². The van der Waals surface area contributed by atoms with Crippen molar-refractivity contribution in [3.05, 3.63) is 60.2 Å². The van der Waals surface area contributed by atoms with E-state index in [-0.39, 0.29) is 5.92 Å². The summed E-state index contributed by atoms with van der Waals surface area (Å²) in [5.41, 5.74) is 2.83. The lowest BCUT2D eigenvalue weighted by Gasteiger charge is -2.36. The Kier molecular flexibility index (Phi) is 3.32. The Balaban J connectivity index is 1.46. The third-order valence-electron chi connectivity index (χ3n) is 5.57. The molecule has 114 valence electrons. The summed E-state index contributed by atoms with van der Waals surface area (Å²) in [7, 11) is 0. The standard InChI is InChI=1S/C20H22O2/c21-19(11-18-10-14-12-20(18,22)13-14)17-8-6-16(7-9-17)15-4-2-1-3-5-15/h1-9,14,18-19,21-22H,10-13H2. The zero-order chi connectivity index (χ0) is 15.2. The molecule has 0 aliphatic heterocycles. The minimum atomic E-state index is -0.477. The second kappa shape index (κ2) is 5.22. The monoisotopic (exact) mass is 294 g/mol. The van der Waals surface area contributed by atoms with Crippen LogP contribution in [-0.4, -0.2) is 15.8 Å². The van der Waals surface area contributed by atoms with Crippen molar-refractivity contribution in [1.29, 1.82) is 0 Å². The molecule has 0 aromatic heterocycles. The van der Waals surface area contributed by atoms with E-state index in [1.807, 2.05) is 30.3 Å². The summed E-state index contributed by atoms with van der Waals surface area (Å²) in [6, 6.07) is 18.4. The van der Waals surface area contributed by atoms with Gasteiger partial charge >= 0.3 is 0 Å². The molecule has 2 atom stereocenters. The highest BCUT2D eigenvalue weighted by molar-refractivity contribution is 5.63. The number of aliphatic hydroxyl groups excluding tert-OH is 1. The van der Waals surface area contributed by atoms with Gasteiger partial charge in [-0.3, -0.25) is 0 Å². The van der Waals surface area contributed by atoms with Crippen molar-refractivity contribution in [2.24, 2.45) is 11.8 Å². The third kappa shape index (κ3) is 2.37. The zero-order valence-electron chi connectivity index (χ0n) is 12.7. The molecule has 2 unspecified atom stereocenters. The van der Waals surface area contributed by atoms with Gasteiger partial charge in [0.2, 0.25) is 0 Å². The average molecular weight is 294 g/mol. The van der Waals surface area contributed by atoms with Crippen LogP contribution >= 0.6 is 0 Å². The predicted octanol–water partition coefficient (Wildman–Crippen LogP) is 3.94. The number of benzene rings is 2. The van der Waals surface area contributed by atoms with Gasteiger partial charge in [0.05, 0.1) is 11.7 Å². The van der Waals surface area contributed by atoms with E-state index in [4.69, 9.17) is 0 Å². The molecule has 0 radical (unpaired) electrons. The van der Waals surface area contributed by atoms with Gasteiger partial charge in [0.25, 0.3) is 0 Å². The molecule has 22 heavy (non-hydrogen) atoms. The topological polar surface area (TPSA) is 40.5 Å². The minimum absolute atomic E-state index is 0.265. The summed E-state index contributed by atoms with van der Waals surface area (Å²) in [6.45, 7) is 0. The SMILES string of the molecule is OC(CC1CC2CC1(O)C2)c1ccc(-c2ccccc2)cc1. The smallest absolute Gasteiger partial charge is 0.0793 e. The van der Waals surface area contributed by atoms with E-state index in [2.05, 4.69) is 24.3 Å². The summed E-state index contributed by atoms with van der Waals surface area (Å²) in [6.07, 6.45) is 3.17. The summed E-state index contributed by atoms with van der Waals surface area (Å²) < 4.78 is 0. The van der Waals surface area contributed by atoms with E-state index in [1.54, 1.807) is 0 Å². The number of rotatable bonds is 4. The first kappa shape index (κ1) is 14.0. The molecule has 3 aliphatic carbocycles. The lowest BCUT2D eigenvalue weighted by molar-refractivity contribution is -0.0594. The van der Waals surface area contributed by atoms with Crippen LogP contribution in [0.4, 0.5) is 0 Å². The van der Waals surface area contributed by atoms with E-state index in [1.165, 1.54) is 11.1 Å². The molecular formula is C20H22O2. The fraction of sp³-hybridized carbons (Fsp3) is 0.400. The largest absolute Gasteiger partial charge is 0.390 e. The van der Waals surface area contributed by atoms with Crippen LogP contribution in [0.5, 0.6) is 0 Å². The Bertz CT molecular complexity index is 641. The van der Waals surface area contributed by atoms with Crippen LogP contribution in [0.3, 0.4) is 0 Å². The highest BCUT2D eigenvalue weighted by Gasteiger charge is 2.56. The van der Waals surface area contributed by atoms with Crippen molar-refractivity contribution < 1.29 is 10.2 Å². The van der Waals surface area contributed by atoms with E-state index < -0.39 is 11.7 Å². The second-order valence-corrected chi connectivity index (χ2v) is 7.05. The summed E-state index contributed by atoms with van der Waals surface area (Å²) in [4.78, 5) is 0.